The van der Waals surface area contributed by atoms with E-state index in [4.69, 9.17) is 5.26 Å². The number of imidazole rings is 1. The van der Waals surface area contributed by atoms with E-state index < -0.39 is 0 Å². The summed E-state index contributed by atoms with van der Waals surface area (Å²) in [6.45, 7) is 5.17. The molecule has 1 aromatic heterocycles. The fourth-order valence-electron chi connectivity index (χ4n) is 3.76. The van der Waals surface area contributed by atoms with Crippen LogP contribution in [0.25, 0.3) is 11.1 Å². The molecule has 0 atom stereocenters. The first-order valence-corrected chi connectivity index (χ1v) is 11.3. The van der Waals surface area contributed by atoms with Gasteiger partial charge in [-0.15, -0.1) is 0 Å². The van der Waals surface area contributed by atoms with Crippen LogP contribution in [0.5, 0.6) is 0 Å². The Balaban J connectivity index is 1.53. The molecule has 1 amide bonds. The van der Waals surface area contributed by atoms with Crippen molar-refractivity contribution in [2.75, 3.05) is 5.32 Å². The molecule has 0 radical (unpaired) electrons. The second-order valence-corrected chi connectivity index (χ2v) is 8.43. The second kappa shape index (κ2) is 10.5. The van der Waals surface area contributed by atoms with Gasteiger partial charge in [-0.2, -0.15) is 5.26 Å². The first-order chi connectivity index (χ1) is 16.5. The molecule has 0 aliphatic carbocycles. The Kier molecular flexibility index (Phi) is 7.04. The number of rotatable bonds is 8. The van der Waals surface area contributed by atoms with Gasteiger partial charge in [-0.05, 0) is 60.9 Å². The smallest absolute Gasteiger partial charge is 0.252 e. The number of anilines is 1. The summed E-state index contributed by atoms with van der Waals surface area (Å²) < 4.78 is 2.08. The lowest BCUT2D eigenvalue weighted by molar-refractivity contribution is 0.0944. The Morgan fingerprint density at radius 2 is 1.82 bits per heavy atom. The number of benzene rings is 3. The van der Waals surface area contributed by atoms with Crippen LogP contribution in [0.15, 0.2) is 85.3 Å². The molecule has 0 unspecified atom stereocenters. The fraction of sp³-hybridized carbons (Fsp3) is 0.179. The maximum absolute atomic E-state index is 12.8. The minimum absolute atomic E-state index is 0.0605. The largest absolute Gasteiger partial charge is 0.379 e. The van der Waals surface area contributed by atoms with E-state index >= 15 is 0 Å². The number of carbonyl (C=O) groups excluding carboxylic acids is 1. The minimum atomic E-state index is -0.0825. The highest BCUT2D eigenvalue weighted by Gasteiger charge is 2.15. The topological polar surface area (TPSA) is 82.7 Å². The van der Waals surface area contributed by atoms with E-state index in [0.717, 1.165) is 28.1 Å². The molecule has 3 aromatic carbocycles. The quantitative estimate of drug-likeness (QED) is 0.386. The van der Waals surface area contributed by atoms with Gasteiger partial charge >= 0.3 is 0 Å². The molecular formula is C28H27N5O. The highest BCUT2D eigenvalue weighted by Crippen LogP contribution is 2.27. The maximum atomic E-state index is 12.8. The molecule has 0 spiro atoms. The molecule has 2 N–H and O–H groups in total. The third-order valence-electron chi connectivity index (χ3n) is 5.48. The molecule has 6 nitrogen and oxygen atoms in total. The monoisotopic (exact) mass is 449 g/mol. The summed E-state index contributed by atoms with van der Waals surface area (Å²) in [7, 11) is 0. The van der Waals surface area contributed by atoms with Crippen molar-refractivity contribution >= 4 is 11.6 Å². The Bertz CT molecular complexity index is 1300. The van der Waals surface area contributed by atoms with Crippen molar-refractivity contribution < 1.29 is 4.79 Å². The van der Waals surface area contributed by atoms with Gasteiger partial charge in [-0.25, -0.2) is 4.98 Å². The van der Waals surface area contributed by atoms with E-state index in [1.165, 1.54) is 0 Å². The molecule has 4 rings (SSSR count). The highest BCUT2D eigenvalue weighted by atomic mass is 16.1. The van der Waals surface area contributed by atoms with E-state index in [1.54, 1.807) is 0 Å². The number of amides is 1. The van der Waals surface area contributed by atoms with E-state index in [0.29, 0.717) is 24.2 Å². The van der Waals surface area contributed by atoms with Crippen LogP contribution in [0.4, 0.5) is 5.69 Å². The normalized spacial score (nSPS) is 10.6. The lowest BCUT2D eigenvalue weighted by atomic mass is 9.98. The number of nitrogens with one attached hydrogen (secondary N) is 2. The van der Waals surface area contributed by atoms with Gasteiger partial charge in [-0.3, -0.25) is 4.79 Å². The van der Waals surface area contributed by atoms with Crippen molar-refractivity contribution in [1.29, 1.82) is 5.26 Å². The van der Waals surface area contributed by atoms with Gasteiger partial charge < -0.3 is 15.2 Å². The summed E-state index contributed by atoms with van der Waals surface area (Å²) in [6, 6.07) is 25.5. The van der Waals surface area contributed by atoms with Crippen LogP contribution in [0.3, 0.4) is 0 Å². The van der Waals surface area contributed by atoms with Crippen molar-refractivity contribution in [2.45, 2.75) is 33.0 Å². The van der Waals surface area contributed by atoms with Crippen molar-refractivity contribution in [3.05, 3.63) is 108 Å². The van der Waals surface area contributed by atoms with Gasteiger partial charge in [0.05, 0.1) is 30.2 Å². The zero-order chi connectivity index (χ0) is 23.9. The van der Waals surface area contributed by atoms with Crippen LogP contribution in [0.2, 0.25) is 0 Å². The molecule has 0 saturated carbocycles. The molecule has 0 bridgehead atoms. The predicted octanol–water partition coefficient (Wildman–Crippen LogP) is 5.22. The standard InChI is InChI=1S/C28H27N5O/c1-20(2)32-28(34)26-13-12-24(14-27(26)23-6-4-3-5-7-23)31-17-25-16-30-19-33(25)18-22-10-8-21(15-29)9-11-22/h3-14,16,19-20,31H,17-18H2,1-2H3,(H,32,34). The maximum Gasteiger partial charge on any atom is 0.252 e. The third-order valence-corrected chi connectivity index (χ3v) is 5.48. The van der Waals surface area contributed by atoms with Crippen molar-refractivity contribution in [1.82, 2.24) is 14.9 Å². The van der Waals surface area contributed by atoms with Gasteiger partial charge in [0.1, 0.15) is 0 Å². The van der Waals surface area contributed by atoms with Crippen molar-refractivity contribution in [2.24, 2.45) is 0 Å². The van der Waals surface area contributed by atoms with Gasteiger partial charge in [0.2, 0.25) is 0 Å². The molecular weight excluding hydrogens is 422 g/mol. The predicted molar refractivity (Wildman–Crippen MR) is 134 cm³/mol. The fourth-order valence-corrected chi connectivity index (χ4v) is 3.76. The van der Waals surface area contributed by atoms with Gasteiger partial charge in [0.25, 0.3) is 5.91 Å². The van der Waals surface area contributed by atoms with E-state index in [-0.39, 0.29) is 11.9 Å². The lowest BCUT2D eigenvalue weighted by Gasteiger charge is -2.15. The number of hydrogen-bond acceptors (Lipinski definition) is 4. The third kappa shape index (κ3) is 5.51. The van der Waals surface area contributed by atoms with Crippen LogP contribution in [-0.2, 0) is 13.1 Å². The Morgan fingerprint density at radius 3 is 2.53 bits per heavy atom. The molecule has 6 heteroatoms. The number of aromatic nitrogens is 2. The molecule has 0 aliphatic heterocycles. The number of nitrogens with zero attached hydrogens (tertiary/aromatic N) is 3. The second-order valence-electron chi connectivity index (χ2n) is 8.43. The van der Waals surface area contributed by atoms with Gasteiger partial charge in [-0.1, -0.05) is 42.5 Å². The van der Waals surface area contributed by atoms with Crippen LogP contribution >= 0.6 is 0 Å². The van der Waals surface area contributed by atoms with Crippen LogP contribution < -0.4 is 10.6 Å². The summed E-state index contributed by atoms with van der Waals surface area (Å²) in [5, 5.41) is 15.5. The summed E-state index contributed by atoms with van der Waals surface area (Å²) in [4.78, 5) is 17.1. The Hall–Kier alpha value is -4.37. The van der Waals surface area contributed by atoms with Crippen LogP contribution in [-0.4, -0.2) is 21.5 Å². The van der Waals surface area contributed by atoms with Gasteiger partial charge in [0.15, 0.2) is 0 Å². The molecule has 0 aliphatic rings. The summed E-state index contributed by atoms with van der Waals surface area (Å²) in [5.41, 5.74) is 6.23. The molecule has 4 aromatic rings. The summed E-state index contributed by atoms with van der Waals surface area (Å²) in [5.74, 6) is -0.0825. The lowest BCUT2D eigenvalue weighted by Crippen LogP contribution is -2.30. The summed E-state index contributed by atoms with van der Waals surface area (Å²) in [6.07, 6.45) is 3.66. The molecule has 1 heterocycles. The number of hydrogen-bond donors (Lipinski definition) is 2. The van der Waals surface area contributed by atoms with E-state index in [1.807, 2.05) is 99.2 Å². The van der Waals surface area contributed by atoms with E-state index in [9.17, 15) is 4.79 Å². The Labute approximate surface area is 199 Å². The number of carbonyl (C=O) groups is 1. The van der Waals surface area contributed by atoms with Crippen molar-refractivity contribution in [3.63, 3.8) is 0 Å². The van der Waals surface area contributed by atoms with Crippen molar-refractivity contribution in [3.8, 4) is 17.2 Å². The molecule has 0 saturated heterocycles. The minimum Gasteiger partial charge on any atom is -0.379 e. The Morgan fingerprint density at radius 1 is 1.06 bits per heavy atom. The van der Waals surface area contributed by atoms with E-state index in [2.05, 4.69) is 26.3 Å². The first-order valence-electron chi connectivity index (χ1n) is 11.3. The SMILES string of the molecule is CC(C)NC(=O)c1ccc(NCc2cncn2Cc2ccc(C#N)cc2)cc1-c1ccccc1. The average molecular weight is 450 g/mol. The average Bonchev–Trinajstić information content (AvgIpc) is 3.30. The van der Waals surface area contributed by atoms with Crippen LogP contribution in [0, 0.1) is 11.3 Å². The highest BCUT2D eigenvalue weighted by molar-refractivity contribution is 6.01. The molecule has 34 heavy (non-hydrogen) atoms. The molecule has 170 valence electrons. The summed E-state index contributed by atoms with van der Waals surface area (Å²) >= 11 is 0. The van der Waals surface area contributed by atoms with Crippen LogP contribution in [0.1, 0.15) is 41.0 Å². The molecule has 0 fully saturated rings. The zero-order valence-electron chi connectivity index (χ0n) is 19.3. The number of nitriles is 1. The first kappa shape index (κ1) is 22.8. The van der Waals surface area contributed by atoms with Gasteiger partial charge in [0, 0.05) is 30.0 Å². The zero-order valence-corrected chi connectivity index (χ0v) is 19.3.